The van der Waals surface area contributed by atoms with Gasteiger partial charge in [-0.2, -0.15) is 0 Å². The average molecular weight is 288 g/mol. The number of benzene rings is 1. The first-order chi connectivity index (χ1) is 10.5. The Balaban J connectivity index is 1.81. The smallest absolute Gasteiger partial charge is 0.00670 e. The minimum Gasteiger partial charge on any atom is -0.0989 e. The summed E-state index contributed by atoms with van der Waals surface area (Å²) in [7, 11) is 0. The lowest BCUT2D eigenvalue weighted by atomic mass is 9.90. The lowest BCUT2D eigenvalue weighted by Gasteiger charge is -2.14. The van der Waals surface area contributed by atoms with Gasteiger partial charge in [-0.1, -0.05) is 80.6 Å². The predicted molar refractivity (Wildman–Crippen MR) is 96.5 cm³/mol. The van der Waals surface area contributed by atoms with E-state index < -0.39 is 0 Å². The fourth-order valence-corrected chi connectivity index (χ4v) is 3.30. The first kappa shape index (κ1) is 14.8. The lowest BCUT2D eigenvalue weighted by Crippen LogP contribution is -1.98. The van der Waals surface area contributed by atoms with Gasteiger partial charge < -0.3 is 0 Å². The highest BCUT2D eigenvalue weighted by Crippen LogP contribution is 2.41. The van der Waals surface area contributed by atoms with Crippen LogP contribution in [-0.4, -0.2) is 0 Å². The van der Waals surface area contributed by atoms with Crippen molar-refractivity contribution in [2.45, 2.75) is 27.2 Å². The highest BCUT2D eigenvalue weighted by atomic mass is 14.3. The van der Waals surface area contributed by atoms with E-state index in [1.54, 1.807) is 0 Å². The maximum atomic E-state index is 4.25. The molecule has 0 saturated heterocycles. The van der Waals surface area contributed by atoms with Crippen LogP contribution in [0.4, 0.5) is 0 Å². The van der Waals surface area contributed by atoms with E-state index in [1.807, 2.05) is 0 Å². The van der Waals surface area contributed by atoms with Crippen molar-refractivity contribution in [2.75, 3.05) is 0 Å². The van der Waals surface area contributed by atoms with Gasteiger partial charge in [-0.05, 0) is 41.2 Å². The Morgan fingerprint density at radius 2 is 1.68 bits per heavy atom. The van der Waals surface area contributed by atoms with E-state index in [0.717, 1.165) is 6.42 Å². The van der Waals surface area contributed by atoms with E-state index in [2.05, 4.69) is 76.4 Å². The van der Waals surface area contributed by atoms with Gasteiger partial charge in [0.15, 0.2) is 0 Å². The first-order valence-electron chi connectivity index (χ1n) is 8.03. The molecule has 0 heterocycles. The standard InChI is InChI=1S/C22H24/c1-14-6-8-19(9-7-14)22-11-10-20(18(22)5)13-21-12-15(2)16(3)17(21)4/h6-11,13,16,18H,2,4,12H2,1,3,5H3. The SMILES string of the molecule is C=C1CC(=CC2=CC=C(c3ccc(C)cc3)C2C)C(=C)C1C. The normalized spacial score (nSPS) is 26.6. The molecule has 2 atom stereocenters. The van der Waals surface area contributed by atoms with Gasteiger partial charge in [0, 0.05) is 11.8 Å². The molecule has 22 heavy (non-hydrogen) atoms. The minimum absolute atomic E-state index is 0.424. The number of aryl methyl sites for hydroxylation is 1. The molecule has 0 radical (unpaired) electrons. The second kappa shape index (κ2) is 5.61. The molecular weight excluding hydrogens is 264 g/mol. The highest BCUT2D eigenvalue weighted by Gasteiger charge is 2.25. The first-order valence-corrected chi connectivity index (χ1v) is 8.03. The Bertz CT molecular complexity index is 720. The zero-order chi connectivity index (χ0) is 15.9. The summed E-state index contributed by atoms with van der Waals surface area (Å²) in [4.78, 5) is 0. The number of rotatable bonds is 2. The molecule has 1 aromatic carbocycles. The van der Waals surface area contributed by atoms with Crippen molar-refractivity contribution in [3.8, 4) is 0 Å². The Kier molecular flexibility index (Phi) is 3.78. The van der Waals surface area contributed by atoms with Crippen molar-refractivity contribution in [3.63, 3.8) is 0 Å². The van der Waals surface area contributed by atoms with Gasteiger partial charge in [-0.15, -0.1) is 0 Å². The van der Waals surface area contributed by atoms with Crippen LogP contribution in [0.3, 0.4) is 0 Å². The van der Waals surface area contributed by atoms with Gasteiger partial charge in [-0.25, -0.2) is 0 Å². The highest BCUT2D eigenvalue weighted by molar-refractivity contribution is 5.76. The molecule has 1 fully saturated rings. The Labute approximate surface area is 134 Å². The molecule has 112 valence electrons. The summed E-state index contributed by atoms with van der Waals surface area (Å²) in [5, 5.41) is 0. The second-order valence-corrected chi connectivity index (χ2v) is 6.63. The van der Waals surface area contributed by atoms with Crippen LogP contribution >= 0.6 is 0 Å². The number of allylic oxidation sites excluding steroid dienone is 8. The summed E-state index contributed by atoms with van der Waals surface area (Å²) < 4.78 is 0. The summed E-state index contributed by atoms with van der Waals surface area (Å²) >= 11 is 0. The van der Waals surface area contributed by atoms with Crippen molar-refractivity contribution in [1.82, 2.24) is 0 Å². The third-order valence-electron chi connectivity index (χ3n) is 5.11. The molecule has 2 aliphatic rings. The maximum absolute atomic E-state index is 4.25. The van der Waals surface area contributed by atoms with Crippen LogP contribution in [0.2, 0.25) is 0 Å². The molecular formula is C22H24. The fourth-order valence-electron chi connectivity index (χ4n) is 3.30. The molecule has 0 aromatic heterocycles. The molecule has 2 unspecified atom stereocenters. The van der Waals surface area contributed by atoms with Crippen LogP contribution in [-0.2, 0) is 0 Å². The number of hydrogen-bond donors (Lipinski definition) is 0. The topological polar surface area (TPSA) is 0 Å². The van der Waals surface area contributed by atoms with E-state index in [9.17, 15) is 0 Å². The van der Waals surface area contributed by atoms with Crippen molar-refractivity contribution in [1.29, 1.82) is 0 Å². The minimum atomic E-state index is 0.424. The molecule has 0 bridgehead atoms. The van der Waals surface area contributed by atoms with Gasteiger partial charge in [0.2, 0.25) is 0 Å². The Hall–Kier alpha value is -2.08. The van der Waals surface area contributed by atoms with Crippen LogP contribution in [0.1, 0.15) is 31.4 Å². The molecule has 0 N–H and O–H groups in total. The quantitative estimate of drug-likeness (QED) is 0.582. The summed E-state index contributed by atoms with van der Waals surface area (Å²) in [5.74, 6) is 0.861. The summed E-state index contributed by atoms with van der Waals surface area (Å²) in [5.41, 5.74) is 9.30. The van der Waals surface area contributed by atoms with Crippen molar-refractivity contribution >= 4 is 5.57 Å². The van der Waals surface area contributed by atoms with E-state index >= 15 is 0 Å². The molecule has 1 saturated carbocycles. The zero-order valence-electron chi connectivity index (χ0n) is 13.8. The largest absolute Gasteiger partial charge is 0.0989 e. The van der Waals surface area contributed by atoms with Crippen molar-refractivity contribution in [2.24, 2.45) is 11.8 Å². The predicted octanol–water partition coefficient (Wildman–Crippen LogP) is 6.03. The molecule has 0 heteroatoms. The van der Waals surface area contributed by atoms with Crippen LogP contribution in [0.25, 0.3) is 5.57 Å². The van der Waals surface area contributed by atoms with Crippen LogP contribution < -0.4 is 0 Å². The molecule has 2 aliphatic carbocycles. The Morgan fingerprint density at radius 3 is 2.27 bits per heavy atom. The van der Waals surface area contributed by atoms with E-state index in [-0.39, 0.29) is 0 Å². The third kappa shape index (κ3) is 2.54. The van der Waals surface area contributed by atoms with Gasteiger partial charge in [0.25, 0.3) is 0 Å². The molecule has 0 spiro atoms. The average Bonchev–Trinajstić information content (AvgIpc) is 2.97. The van der Waals surface area contributed by atoms with Crippen molar-refractivity contribution in [3.05, 3.63) is 89.1 Å². The monoisotopic (exact) mass is 288 g/mol. The fraction of sp³-hybridized carbons (Fsp3) is 0.273. The summed E-state index contributed by atoms with van der Waals surface area (Å²) in [6, 6.07) is 8.81. The number of hydrogen-bond acceptors (Lipinski definition) is 0. The summed E-state index contributed by atoms with van der Waals surface area (Å²) in [6.45, 7) is 15.0. The van der Waals surface area contributed by atoms with E-state index in [0.29, 0.717) is 11.8 Å². The van der Waals surface area contributed by atoms with Crippen LogP contribution in [0.5, 0.6) is 0 Å². The third-order valence-corrected chi connectivity index (χ3v) is 5.11. The molecule has 1 aromatic rings. The van der Waals surface area contributed by atoms with E-state index in [1.165, 1.54) is 39.0 Å². The lowest BCUT2D eigenvalue weighted by molar-refractivity contribution is 0.868. The van der Waals surface area contributed by atoms with Gasteiger partial charge >= 0.3 is 0 Å². The van der Waals surface area contributed by atoms with Gasteiger partial charge in [0.05, 0.1) is 0 Å². The zero-order valence-corrected chi connectivity index (χ0v) is 13.8. The molecule has 0 nitrogen and oxygen atoms in total. The Morgan fingerprint density at radius 1 is 1.00 bits per heavy atom. The van der Waals surface area contributed by atoms with Gasteiger partial charge in [-0.3, -0.25) is 0 Å². The summed E-state index contributed by atoms with van der Waals surface area (Å²) in [6.07, 6.45) is 7.83. The molecule has 0 aliphatic heterocycles. The molecule has 0 amide bonds. The van der Waals surface area contributed by atoms with Gasteiger partial charge in [0.1, 0.15) is 0 Å². The van der Waals surface area contributed by atoms with Crippen LogP contribution in [0, 0.1) is 18.8 Å². The second-order valence-electron chi connectivity index (χ2n) is 6.63. The van der Waals surface area contributed by atoms with E-state index in [4.69, 9.17) is 0 Å². The van der Waals surface area contributed by atoms with Crippen LogP contribution in [0.15, 0.2) is 77.9 Å². The maximum Gasteiger partial charge on any atom is 0.00670 e. The van der Waals surface area contributed by atoms with Crippen molar-refractivity contribution < 1.29 is 0 Å². The molecule has 3 rings (SSSR count).